The largest absolute Gasteiger partial charge is 0.265 e. The number of hydrogen-bond donors (Lipinski definition) is 0. The predicted molar refractivity (Wildman–Crippen MR) is 74.4 cm³/mol. The minimum atomic E-state index is -0.000972. The van der Waals surface area contributed by atoms with E-state index in [9.17, 15) is 0 Å². The number of allylic oxidation sites excluding steroid dienone is 1. The van der Waals surface area contributed by atoms with E-state index in [0.29, 0.717) is 0 Å². The zero-order chi connectivity index (χ0) is 12.7. The van der Waals surface area contributed by atoms with Crippen molar-refractivity contribution in [2.24, 2.45) is 4.99 Å². The Bertz CT molecular complexity index is 389. The summed E-state index contributed by atoms with van der Waals surface area (Å²) in [4.78, 5) is 8.66. The molecule has 0 aromatic carbocycles. The number of aromatic nitrogens is 1. The third kappa shape index (κ3) is 3.26. The standard InChI is InChI=1S/C13H16N2.C2H6/c1-13(2,11-6-5-8-14-10-11)12-7-3-4-9-15-12;1-2/h4-6,8-10H,3,7H2,1-2H3;1-2H3. The second-order valence-corrected chi connectivity index (χ2v) is 4.37. The van der Waals surface area contributed by atoms with Crippen molar-refractivity contribution in [3.8, 4) is 0 Å². The summed E-state index contributed by atoms with van der Waals surface area (Å²) in [5.74, 6) is 0. The van der Waals surface area contributed by atoms with Crippen molar-refractivity contribution in [1.82, 2.24) is 4.98 Å². The predicted octanol–water partition coefficient (Wildman–Crippen LogP) is 4.13. The van der Waals surface area contributed by atoms with Gasteiger partial charge in [-0.2, -0.15) is 0 Å². The van der Waals surface area contributed by atoms with Crippen molar-refractivity contribution in [3.05, 3.63) is 42.4 Å². The molecule has 1 aromatic rings. The molecule has 0 aliphatic carbocycles. The lowest BCUT2D eigenvalue weighted by Gasteiger charge is -2.27. The molecule has 0 radical (unpaired) electrons. The summed E-state index contributed by atoms with van der Waals surface area (Å²) in [6.45, 7) is 8.42. The molecule has 0 saturated heterocycles. The highest BCUT2D eigenvalue weighted by atomic mass is 14.7. The van der Waals surface area contributed by atoms with Gasteiger partial charge in [-0.1, -0.05) is 39.8 Å². The lowest BCUT2D eigenvalue weighted by atomic mass is 9.78. The van der Waals surface area contributed by atoms with Gasteiger partial charge in [0.05, 0.1) is 0 Å². The number of rotatable bonds is 2. The zero-order valence-corrected chi connectivity index (χ0v) is 11.3. The maximum atomic E-state index is 4.49. The molecule has 2 heterocycles. The van der Waals surface area contributed by atoms with Crippen LogP contribution in [-0.2, 0) is 5.41 Å². The highest BCUT2D eigenvalue weighted by Crippen LogP contribution is 2.27. The van der Waals surface area contributed by atoms with Crippen LogP contribution in [-0.4, -0.2) is 10.7 Å². The minimum absolute atomic E-state index is 0.000972. The Morgan fingerprint density at radius 1 is 1.24 bits per heavy atom. The van der Waals surface area contributed by atoms with Crippen molar-refractivity contribution in [2.75, 3.05) is 0 Å². The molecule has 0 spiro atoms. The number of pyridine rings is 1. The van der Waals surface area contributed by atoms with Crippen LogP contribution >= 0.6 is 0 Å². The molecule has 0 amide bonds. The molecule has 2 rings (SSSR count). The molecule has 2 heteroatoms. The van der Waals surface area contributed by atoms with E-state index >= 15 is 0 Å². The number of nitrogens with zero attached hydrogens (tertiary/aromatic N) is 2. The van der Waals surface area contributed by atoms with Crippen LogP contribution in [0.3, 0.4) is 0 Å². The summed E-state index contributed by atoms with van der Waals surface area (Å²) < 4.78 is 0. The summed E-state index contributed by atoms with van der Waals surface area (Å²) >= 11 is 0. The van der Waals surface area contributed by atoms with Crippen LogP contribution in [0.25, 0.3) is 0 Å². The zero-order valence-electron chi connectivity index (χ0n) is 11.3. The van der Waals surface area contributed by atoms with Crippen LogP contribution in [0.4, 0.5) is 0 Å². The van der Waals surface area contributed by atoms with E-state index in [1.165, 1.54) is 11.3 Å². The van der Waals surface area contributed by atoms with Crippen molar-refractivity contribution in [2.45, 2.75) is 46.0 Å². The molecule has 1 aromatic heterocycles. The first-order valence-corrected chi connectivity index (χ1v) is 6.34. The third-order valence-corrected chi connectivity index (χ3v) is 2.99. The van der Waals surface area contributed by atoms with Gasteiger partial charge in [0.25, 0.3) is 0 Å². The van der Waals surface area contributed by atoms with Gasteiger partial charge in [0, 0.05) is 29.7 Å². The van der Waals surface area contributed by atoms with Gasteiger partial charge in [0.1, 0.15) is 0 Å². The molecule has 0 saturated carbocycles. The van der Waals surface area contributed by atoms with E-state index in [1.807, 2.05) is 38.5 Å². The van der Waals surface area contributed by atoms with Crippen LogP contribution in [0.5, 0.6) is 0 Å². The lowest BCUT2D eigenvalue weighted by molar-refractivity contribution is 0.689. The van der Waals surface area contributed by atoms with E-state index < -0.39 is 0 Å². The van der Waals surface area contributed by atoms with Crippen molar-refractivity contribution >= 4 is 5.71 Å². The molecule has 92 valence electrons. The topological polar surface area (TPSA) is 25.2 Å². The SMILES string of the molecule is CC.CC(C)(C1=NC=CCC1)c1cccnc1. The summed E-state index contributed by atoms with van der Waals surface area (Å²) in [5, 5.41) is 0. The molecule has 1 aliphatic heterocycles. The molecule has 0 unspecified atom stereocenters. The average Bonchev–Trinajstić information content (AvgIpc) is 2.43. The molecule has 0 bridgehead atoms. The van der Waals surface area contributed by atoms with Gasteiger partial charge in [-0.3, -0.25) is 9.98 Å². The van der Waals surface area contributed by atoms with Gasteiger partial charge in [0.2, 0.25) is 0 Å². The van der Waals surface area contributed by atoms with Gasteiger partial charge < -0.3 is 0 Å². The van der Waals surface area contributed by atoms with E-state index in [0.717, 1.165) is 12.8 Å². The Kier molecular flexibility index (Phi) is 5.08. The number of aliphatic imine (C=N–C) groups is 1. The third-order valence-electron chi connectivity index (χ3n) is 2.99. The van der Waals surface area contributed by atoms with Gasteiger partial charge in [-0.05, 0) is 24.5 Å². The number of hydrogen-bond acceptors (Lipinski definition) is 2. The van der Waals surface area contributed by atoms with Gasteiger partial charge in [0.15, 0.2) is 0 Å². The van der Waals surface area contributed by atoms with E-state index in [-0.39, 0.29) is 5.41 Å². The minimum Gasteiger partial charge on any atom is -0.265 e. The molecule has 17 heavy (non-hydrogen) atoms. The second kappa shape index (κ2) is 6.33. The van der Waals surface area contributed by atoms with Crippen LogP contribution in [0.2, 0.25) is 0 Å². The van der Waals surface area contributed by atoms with E-state index in [4.69, 9.17) is 0 Å². The fourth-order valence-electron chi connectivity index (χ4n) is 1.87. The quantitative estimate of drug-likeness (QED) is 0.749. The Hall–Kier alpha value is -1.44. The van der Waals surface area contributed by atoms with Crippen molar-refractivity contribution in [1.29, 1.82) is 0 Å². The van der Waals surface area contributed by atoms with Gasteiger partial charge in [-0.25, -0.2) is 0 Å². The highest BCUT2D eigenvalue weighted by molar-refractivity contribution is 5.95. The van der Waals surface area contributed by atoms with E-state index in [1.54, 1.807) is 0 Å². The highest BCUT2D eigenvalue weighted by Gasteiger charge is 2.27. The summed E-state index contributed by atoms with van der Waals surface area (Å²) in [7, 11) is 0. The molecule has 0 fully saturated rings. The maximum absolute atomic E-state index is 4.49. The van der Waals surface area contributed by atoms with Crippen LogP contribution < -0.4 is 0 Å². The Labute approximate surface area is 105 Å². The van der Waals surface area contributed by atoms with Crippen LogP contribution in [0.15, 0.2) is 41.8 Å². The molecule has 2 nitrogen and oxygen atoms in total. The van der Waals surface area contributed by atoms with Crippen LogP contribution in [0, 0.1) is 0 Å². The van der Waals surface area contributed by atoms with Crippen LogP contribution in [0.1, 0.15) is 46.1 Å². The second-order valence-electron chi connectivity index (χ2n) is 4.37. The summed E-state index contributed by atoms with van der Waals surface area (Å²) in [6, 6.07) is 4.10. The first kappa shape index (κ1) is 13.6. The summed E-state index contributed by atoms with van der Waals surface area (Å²) in [5.41, 5.74) is 2.48. The summed E-state index contributed by atoms with van der Waals surface area (Å²) in [6.07, 6.45) is 9.92. The first-order valence-electron chi connectivity index (χ1n) is 6.34. The normalized spacial score (nSPS) is 14.7. The van der Waals surface area contributed by atoms with Crippen molar-refractivity contribution in [3.63, 3.8) is 0 Å². The molecular weight excluding hydrogens is 208 g/mol. The van der Waals surface area contributed by atoms with Crippen molar-refractivity contribution < 1.29 is 0 Å². The van der Waals surface area contributed by atoms with Gasteiger partial charge >= 0.3 is 0 Å². The smallest absolute Gasteiger partial charge is 0.0309 e. The Morgan fingerprint density at radius 3 is 2.53 bits per heavy atom. The molecular formula is C15H22N2. The lowest BCUT2D eigenvalue weighted by Crippen LogP contribution is -2.29. The average molecular weight is 230 g/mol. The fourth-order valence-corrected chi connectivity index (χ4v) is 1.87. The maximum Gasteiger partial charge on any atom is 0.0309 e. The Morgan fingerprint density at radius 2 is 2.00 bits per heavy atom. The molecule has 0 N–H and O–H groups in total. The molecule has 0 atom stereocenters. The molecule has 1 aliphatic rings. The van der Waals surface area contributed by atoms with E-state index in [2.05, 4.69) is 36.0 Å². The Balaban J connectivity index is 0.000000686. The van der Waals surface area contributed by atoms with Gasteiger partial charge in [-0.15, -0.1) is 0 Å². The fraction of sp³-hybridized carbons (Fsp3) is 0.467. The monoisotopic (exact) mass is 230 g/mol. The first-order chi connectivity index (χ1) is 8.21.